The third-order valence-electron chi connectivity index (χ3n) is 5.09. The van der Waals surface area contributed by atoms with Gasteiger partial charge >= 0.3 is 0 Å². The number of rotatable bonds is 4. The molecule has 1 aromatic carbocycles. The van der Waals surface area contributed by atoms with Crippen LogP contribution in [0.5, 0.6) is 5.88 Å². The lowest BCUT2D eigenvalue weighted by atomic mass is 10.1. The van der Waals surface area contributed by atoms with Crippen molar-refractivity contribution in [1.82, 2.24) is 20.2 Å². The molecule has 0 saturated carbocycles. The number of fused-ring (bicyclic) bond motifs is 1. The zero-order valence-electron chi connectivity index (χ0n) is 14.4. The molecule has 1 aromatic heterocycles. The van der Waals surface area contributed by atoms with Gasteiger partial charge in [-0.3, -0.25) is 9.69 Å². The van der Waals surface area contributed by atoms with Crippen molar-refractivity contribution in [2.45, 2.75) is 6.42 Å². The molecule has 1 atom stereocenters. The molecule has 2 aromatic rings. The second-order valence-corrected chi connectivity index (χ2v) is 6.75. The minimum Gasteiger partial charge on any atom is -0.480 e. The van der Waals surface area contributed by atoms with E-state index in [9.17, 15) is 4.79 Å². The number of anilines is 1. The van der Waals surface area contributed by atoms with Crippen LogP contribution in [-0.2, 0) is 4.79 Å². The normalized spacial score (nSPS) is 21.6. The summed E-state index contributed by atoms with van der Waals surface area (Å²) in [6.45, 7) is 5.83. The first-order chi connectivity index (χ1) is 12.2. The molecule has 25 heavy (non-hydrogen) atoms. The van der Waals surface area contributed by atoms with Gasteiger partial charge in [0, 0.05) is 51.4 Å². The van der Waals surface area contributed by atoms with Gasteiger partial charge in [-0.25, -0.2) is 9.97 Å². The van der Waals surface area contributed by atoms with Gasteiger partial charge < -0.3 is 15.0 Å². The quantitative estimate of drug-likeness (QED) is 0.891. The van der Waals surface area contributed by atoms with Gasteiger partial charge in [-0.05, 0) is 24.1 Å². The molecule has 1 N–H and O–H groups in total. The summed E-state index contributed by atoms with van der Waals surface area (Å²) in [5, 5.41) is 3.87. The Balaban J connectivity index is 1.42. The van der Waals surface area contributed by atoms with Gasteiger partial charge in [-0.2, -0.15) is 0 Å². The van der Waals surface area contributed by atoms with Gasteiger partial charge in [-0.15, -0.1) is 0 Å². The largest absolute Gasteiger partial charge is 0.480 e. The summed E-state index contributed by atoms with van der Waals surface area (Å²) < 4.78 is 5.36. The number of nitrogens with one attached hydrogen (secondary N) is 1. The number of amides is 1. The standard InChI is InChI=1S/C18H23N5O2/c1-25-18-15-9-14(2-3-16(15)20-12-21-18)23-6-4-22(5-7-23)11-13-8-17(24)19-10-13/h2-3,9,12-13H,4-8,10-11H2,1H3,(H,19,24). The average molecular weight is 341 g/mol. The van der Waals surface area contributed by atoms with Gasteiger partial charge in [0.15, 0.2) is 0 Å². The van der Waals surface area contributed by atoms with Crippen LogP contribution >= 0.6 is 0 Å². The Bertz CT molecular complexity index is 773. The van der Waals surface area contributed by atoms with Crippen LogP contribution in [0.25, 0.3) is 10.9 Å². The molecule has 4 rings (SSSR count). The van der Waals surface area contributed by atoms with E-state index >= 15 is 0 Å². The van der Waals surface area contributed by atoms with Crippen LogP contribution in [0.1, 0.15) is 6.42 Å². The third-order valence-corrected chi connectivity index (χ3v) is 5.09. The van der Waals surface area contributed by atoms with Gasteiger partial charge in [-0.1, -0.05) is 0 Å². The molecule has 1 unspecified atom stereocenters. The summed E-state index contributed by atoms with van der Waals surface area (Å²) in [6.07, 6.45) is 2.20. The molecule has 2 aliphatic heterocycles. The molecular formula is C18H23N5O2. The molecule has 7 nitrogen and oxygen atoms in total. The molecule has 7 heteroatoms. The number of hydrogen-bond acceptors (Lipinski definition) is 6. The van der Waals surface area contributed by atoms with Crippen molar-refractivity contribution in [2.24, 2.45) is 5.92 Å². The Kier molecular flexibility index (Phi) is 4.40. The molecule has 2 aliphatic rings. The fourth-order valence-electron chi connectivity index (χ4n) is 3.73. The van der Waals surface area contributed by atoms with Crippen LogP contribution in [0, 0.1) is 5.92 Å². The van der Waals surface area contributed by atoms with Crippen molar-refractivity contribution in [3.63, 3.8) is 0 Å². The van der Waals surface area contributed by atoms with Crippen molar-refractivity contribution in [2.75, 3.05) is 51.3 Å². The van der Waals surface area contributed by atoms with E-state index in [2.05, 4.69) is 37.2 Å². The van der Waals surface area contributed by atoms with Crippen LogP contribution in [0.2, 0.25) is 0 Å². The van der Waals surface area contributed by atoms with E-state index in [-0.39, 0.29) is 5.91 Å². The number of carbonyl (C=O) groups excluding carboxylic acids is 1. The first kappa shape index (κ1) is 16.1. The maximum Gasteiger partial charge on any atom is 0.224 e. The Morgan fingerprint density at radius 3 is 2.80 bits per heavy atom. The highest BCUT2D eigenvalue weighted by Crippen LogP contribution is 2.27. The second-order valence-electron chi connectivity index (χ2n) is 6.75. The zero-order valence-corrected chi connectivity index (χ0v) is 14.4. The first-order valence-electron chi connectivity index (χ1n) is 8.75. The summed E-state index contributed by atoms with van der Waals surface area (Å²) in [5.74, 6) is 1.26. The highest BCUT2D eigenvalue weighted by molar-refractivity contribution is 5.86. The monoisotopic (exact) mass is 341 g/mol. The smallest absolute Gasteiger partial charge is 0.224 e. The SMILES string of the molecule is COc1ncnc2ccc(N3CCN(CC4CNC(=O)C4)CC3)cc12. The van der Waals surface area contributed by atoms with Crippen molar-refractivity contribution in [1.29, 1.82) is 0 Å². The molecule has 2 fully saturated rings. The van der Waals surface area contributed by atoms with Gasteiger partial charge in [0.2, 0.25) is 11.8 Å². The molecule has 2 saturated heterocycles. The molecule has 1 amide bonds. The lowest BCUT2D eigenvalue weighted by Crippen LogP contribution is -2.48. The maximum atomic E-state index is 11.3. The number of benzene rings is 1. The number of hydrogen-bond donors (Lipinski definition) is 1. The van der Waals surface area contributed by atoms with E-state index in [0.717, 1.165) is 50.2 Å². The highest BCUT2D eigenvalue weighted by Gasteiger charge is 2.25. The molecule has 3 heterocycles. The highest BCUT2D eigenvalue weighted by atomic mass is 16.5. The van der Waals surface area contributed by atoms with Gasteiger partial charge in [0.05, 0.1) is 18.0 Å². The van der Waals surface area contributed by atoms with Crippen LogP contribution in [0.3, 0.4) is 0 Å². The fourth-order valence-corrected chi connectivity index (χ4v) is 3.73. The van der Waals surface area contributed by atoms with Crippen LogP contribution in [-0.4, -0.2) is 67.2 Å². The molecule has 0 radical (unpaired) electrons. The van der Waals surface area contributed by atoms with Gasteiger partial charge in [0.1, 0.15) is 6.33 Å². The molecular weight excluding hydrogens is 318 g/mol. The Labute approximate surface area is 147 Å². The summed E-state index contributed by atoms with van der Waals surface area (Å²) in [7, 11) is 1.63. The molecule has 0 bridgehead atoms. The van der Waals surface area contributed by atoms with E-state index in [1.54, 1.807) is 7.11 Å². The third kappa shape index (κ3) is 3.37. The number of ether oxygens (including phenoxy) is 1. The average Bonchev–Trinajstić information content (AvgIpc) is 3.06. The van der Waals surface area contributed by atoms with Crippen LogP contribution in [0.15, 0.2) is 24.5 Å². The van der Waals surface area contributed by atoms with Crippen molar-refractivity contribution in [3.8, 4) is 5.88 Å². The maximum absolute atomic E-state index is 11.3. The number of carbonyl (C=O) groups is 1. The van der Waals surface area contributed by atoms with Crippen LogP contribution < -0.4 is 15.0 Å². The van der Waals surface area contributed by atoms with E-state index in [0.29, 0.717) is 18.2 Å². The number of nitrogens with zero attached hydrogens (tertiary/aromatic N) is 4. The summed E-state index contributed by atoms with van der Waals surface area (Å²) in [6, 6.07) is 6.25. The minimum absolute atomic E-state index is 0.191. The predicted octanol–water partition coefficient (Wildman–Crippen LogP) is 0.897. The first-order valence-corrected chi connectivity index (χ1v) is 8.75. The van der Waals surface area contributed by atoms with Gasteiger partial charge in [0.25, 0.3) is 0 Å². The Morgan fingerprint density at radius 1 is 1.24 bits per heavy atom. The topological polar surface area (TPSA) is 70.6 Å². The number of methoxy groups -OCH3 is 1. The minimum atomic E-state index is 0.191. The molecule has 0 aliphatic carbocycles. The van der Waals surface area contributed by atoms with Crippen molar-refractivity contribution >= 4 is 22.5 Å². The number of piperazine rings is 1. The van der Waals surface area contributed by atoms with Crippen LogP contribution in [0.4, 0.5) is 5.69 Å². The Morgan fingerprint density at radius 2 is 2.08 bits per heavy atom. The zero-order chi connectivity index (χ0) is 17.2. The van der Waals surface area contributed by atoms with Crippen molar-refractivity contribution < 1.29 is 9.53 Å². The summed E-state index contributed by atoms with van der Waals surface area (Å²) in [5.41, 5.74) is 2.07. The lowest BCUT2D eigenvalue weighted by molar-refractivity contribution is -0.119. The van der Waals surface area contributed by atoms with E-state index in [4.69, 9.17) is 4.74 Å². The lowest BCUT2D eigenvalue weighted by Gasteiger charge is -2.37. The summed E-state index contributed by atoms with van der Waals surface area (Å²) in [4.78, 5) is 24.7. The van der Waals surface area contributed by atoms with E-state index < -0.39 is 0 Å². The second kappa shape index (κ2) is 6.84. The fraction of sp³-hybridized carbons (Fsp3) is 0.500. The number of aromatic nitrogens is 2. The van der Waals surface area contributed by atoms with Crippen molar-refractivity contribution in [3.05, 3.63) is 24.5 Å². The predicted molar refractivity (Wildman–Crippen MR) is 95.9 cm³/mol. The summed E-state index contributed by atoms with van der Waals surface area (Å²) >= 11 is 0. The Hall–Kier alpha value is -2.41. The molecule has 0 spiro atoms. The van der Waals surface area contributed by atoms with E-state index in [1.807, 2.05) is 6.07 Å². The van der Waals surface area contributed by atoms with E-state index in [1.165, 1.54) is 12.0 Å². The molecule has 132 valence electrons.